The van der Waals surface area contributed by atoms with Crippen molar-refractivity contribution in [3.63, 3.8) is 0 Å². The third-order valence-corrected chi connectivity index (χ3v) is 9.12. The van der Waals surface area contributed by atoms with E-state index in [0.29, 0.717) is 12.8 Å². The van der Waals surface area contributed by atoms with Crippen molar-refractivity contribution in [1.82, 2.24) is 10.2 Å². The van der Waals surface area contributed by atoms with Gasteiger partial charge in [-0.15, -0.1) is 0 Å². The number of sulfone groups is 1. The average molecular weight is 437 g/mol. The van der Waals surface area contributed by atoms with Crippen molar-refractivity contribution in [2.24, 2.45) is 5.92 Å². The Morgan fingerprint density at radius 2 is 1.83 bits per heavy atom. The smallest absolute Gasteiger partial charge is 0.220 e. The Balaban J connectivity index is 1.28. The molecule has 3 aliphatic rings. The molecule has 0 spiro atoms. The van der Waals surface area contributed by atoms with E-state index in [-0.39, 0.29) is 40.6 Å². The van der Waals surface area contributed by atoms with E-state index in [4.69, 9.17) is 0 Å². The summed E-state index contributed by atoms with van der Waals surface area (Å²) in [6, 6.07) is 7.38. The van der Waals surface area contributed by atoms with Crippen LogP contribution < -0.4 is 5.32 Å². The molecule has 1 atom stereocenters. The number of carbonyl (C=O) groups is 1. The average Bonchev–Trinajstić information content (AvgIpc) is 3.30. The first-order valence-corrected chi connectivity index (χ1v) is 13.1. The van der Waals surface area contributed by atoms with Gasteiger partial charge in [-0.3, -0.25) is 4.79 Å². The predicted molar refractivity (Wildman–Crippen MR) is 116 cm³/mol. The van der Waals surface area contributed by atoms with Crippen molar-refractivity contribution in [3.05, 3.63) is 35.6 Å². The standard InChI is InChI=1S/C23H33FN2O3S/c24-21-6-2-1-5-20(21)23(10-3-4-11-23)17-26-12-7-19(8-13-26)25-22(27)15-18-9-14-30(28,29)16-18/h1-2,5-6,18-19H,3-4,7-17H2,(H,25,27). The summed E-state index contributed by atoms with van der Waals surface area (Å²) < 4.78 is 37.7. The predicted octanol–water partition coefficient (Wildman–Crippen LogP) is 3.04. The molecule has 1 saturated carbocycles. The van der Waals surface area contributed by atoms with Crippen molar-refractivity contribution >= 4 is 15.7 Å². The molecule has 166 valence electrons. The Bertz CT molecular complexity index is 859. The third kappa shape index (κ3) is 5.05. The minimum atomic E-state index is -2.94. The van der Waals surface area contributed by atoms with Crippen LogP contribution in [0.3, 0.4) is 0 Å². The van der Waals surface area contributed by atoms with E-state index in [2.05, 4.69) is 10.2 Å². The Morgan fingerprint density at radius 1 is 1.13 bits per heavy atom. The summed E-state index contributed by atoms with van der Waals surface area (Å²) in [5, 5.41) is 3.12. The monoisotopic (exact) mass is 436 g/mol. The van der Waals surface area contributed by atoms with E-state index in [1.807, 2.05) is 12.1 Å². The van der Waals surface area contributed by atoms with Crippen molar-refractivity contribution in [2.75, 3.05) is 31.1 Å². The molecule has 1 aliphatic carbocycles. The summed E-state index contributed by atoms with van der Waals surface area (Å²) >= 11 is 0. The summed E-state index contributed by atoms with van der Waals surface area (Å²) in [5.74, 6) is 0.229. The number of nitrogens with one attached hydrogen (secondary N) is 1. The van der Waals surface area contributed by atoms with Crippen LogP contribution in [0.5, 0.6) is 0 Å². The fourth-order valence-electron chi connectivity index (χ4n) is 5.70. The lowest BCUT2D eigenvalue weighted by Gasteiger charge is -2.39. The van der Waals surface area contributed by atoms with E-state index < -0.39 is 9.84 Å². The van der Waals surface area contributed by atoms with Crippen LogP contribution in [0.2, 0.25) is 0 Å². The first kappa shape index (κ1) is 21.8. The second-order valence-electron chi connectivity index (χ2n) is 9.56. The van der Waals surface area contributed by atoms with Crippen molar-refractivity contribution < 1.29 is 17.6 Å². The van der Waals surface area contributed by atoms with Crippen LogP contribution in [0.1, 0.15) is 56.9 Å². The topological polar surface area (TPSA) is 66.5 Å². The zero-order valence-corrected chi connectivity index (χ0v) is 18.4. The van der Waals surface area contributed by atoms with Crippen LogP contribution in [0, 0.1) is 11.7 Å². The summed E-state index contributed by atoms with van der Waals surface area (Å²) in [7, 11) is -2.94. The highest BCUT2D eigenvalue weighted by atomic mass is 32.2. The number of likely N-dealkylation sites (tertiary alicyclic amines) is 1. The molecule has 0 radical (unpaired) electrons. The lowest BCUT2D eigenvalue weighted by atomic mass is 9.77. The number of carbonyl (C=O) groups excluding carboxylic acids is 1. The maximum atomic E-state index is 14.6. The maximum absolute atomic E-state index is 14.6. The van der Waals surface area contributed by atoms with Gasteiger partial charge in [0.05, 0.1) is 11.5 Å². The van der Waals surface area contributed by atoms with Gasteiger partial charge in [0.25, 0.3) is 0 Å². The summed E-state index contributed by atoms with van der Waals surface area (Å²) in [5.41, 5.74) is 0.777. The minimum absolute atomic E-state index is 0.0193. The van der Waals surface area contributed by atoms with Crippen LogP contribution in [-0.2, 0) is 20.0 Å². The minimum Gasteiger partial charge on any atom is -0.353 e. The lowest BCUT2D eigenvalue weighted by Crippen LogP contribution is -2.48. The molecular weight excluding hydrogens is 403 g/mol. The largest absolute Gasteiger partial charge is 0.353 e. The number of benzene rings is 1. The van der Waals surface area contributed by atoms with Gasteiger partial charge in [0.15, 0.2) is 9.84 Å². The van der Waals surface area contributed by atoms with Gasteiger partial charge in [-0.05, 0) is 49.7 Å². The highest BCUT2D eigenvalue weighted by Crippen LogP contribution is 2.43. The zero-order valence-electron chi connectivity index (χ0n) is 17.6. The lowest BCUT2D eigenvalue weighted by molar-refractivity contribution is -0.122. The zero-order chi connectivity index (χ0) is 21.2. The maximum Gasteiger partial charge on any atom is 0.220 e. The van der Waals surface area contributed by atoms with Gasteiger partial charge in [-0.2, -0.15) is 0 Å². The second-order valence-corrected chi connectivity index (χ2v) is 11.8. The van der Waals surface area contributed by atoms with Gasteiger partial charge in [0.1, 0.15) is 5.82 Å². The molecule has 1 amide bonds. The summed E-state index contributed by atoms with van der Waals surface area (Å²) in [6.45, 7) is 2.69. The molecule has 2 saturated heterocycles. The summed E-state index contributed by atoms with van der Waals surface area (Å²) in [6.07, 6.45) is 7.07. The van der Waals surface area contributed by atoms with Gasteiger partial charge in [-0.25, -0.2) is 12.8 Å². The first-order chi connectivity index (χ1) is 14.4. The molecule has 0 aromatic heterocycles. The van der Waals surface area contributed by atoms with Gasteiger partial charge < -0.3 is 10.2 Å². The molecule has 3 fully saturated rings. The third-order valence-electron chi connectivity index (χ3n) is 7.29. The van der Waals surface area contributed by atoms with E-state index >= 15 is 0 Å². The van der Waals surface area contributed by atoms with Crippen LogP contribution in [-0.4, -0.2) is 56.4 Å². The SMILES string of the molecule is O=C(CC1CCS(=O)(=O)C1)NC1CCN(CC2(c3ccccc3F)CCCC2)CC1. The van der Waals surface area contributed by atoms with Crippen LogP contribution in [0.25, 0.3) is 0 Å². The molecule has 1 unspecified atom stereocenters. The Labute approximate surface area is 179 Å². The Hall–Kier alpha value is -1.47. The van der Waals surface area contributed by atoms with E-state index in [9.17, 15) is 17.6 Å². The molecular formula is C23H33FN2O3S. The van der Waals surface area contributed by atoms with E-state index in [0.717, 1.165) is 63.7 Å². The van der Waals surface area contributed by atoms with Crippen molar-refractivity contribution in [2.45, 2.75) is 62.8 Å². The number of amides is 1. The van der Waals surface area contributed by atoms with Crippen molar-refractivity contribution in [1.29, 1.82) is 0 Å². The Morgan fingerprint density at radius 3 is 2.47 bits per heavy atom. The number of rotatable bonds is 6. The molecule has 0 bridgehead atoms. The second kappa shape index (κ2) is 8.95. The normalized spacial score (nSPS) is 26.6. The molecule has 1 N–H and O–H groups in total. The molecule has 2 aliphatic heterocycles. The molecule has 1 aromatic carbocycles. The van der Waals surface area contributed by atoms with Crippen LogP contribution in [0.4, 0.5) is 4.39 Å². The number of halogens is 1. The Kier molecular flexibility index (Phi) is 6.49. The van der Waals surface area contributed by atoms with Gasteiger partial charge >= 0.3 is 0 Å². The van der Waals surface area contributed by atoms with Crippen molar-refractivity contribution in [3.8, 4) is 0 Å². The highest BCUT2D eigenvalue weighted by molar-refractivity contribution is 7.91. The molecule has 5 nitrogen and oxygen atoms in total. The molecule has 4 rings (SSSR count). The summed E-state index contributed by atoms with van der Waals surface area (Å²) in [4.78, 5) is 14.8. The fraction of sp³-hybridized carbons (Fsp3) is 0.696. The van der Waals surface area contributed by atoms with Gasteiger partial charge in [0, 0.05) is 37.5 Å². The number of piperidine rings is 1. The van der Waals surface area contributed by atoms with E-state index in [1.165, 1.54) is 0 Å². The van der Waals surface area contributed by atoms with E-state index in [1.54, 1.807) is 12.1 Å². The van der Waals surface area contributed by atoms with Crippen LogP contribution in [0.15, 0.2) is 24.3 Å². The molecule has 7 heteroatoms. The first-order valence-electron chi connectivity index (χ1n) is 11.3. The quantitative estimate of drug-likeness (QED) is 0.744. The highest BCUT2D eigenvalue weighted by Gasteiger charge is 2.39. The van der Waals surface area contributed by atoms with Crippen LogP contribution >= 0.6 is 0 Å². The molecule has 2 heterocycles. The molecule has 30 heavy (non-hydrogen) atoms. The fourth-order valence-corrected chi connectivity index (χ4v) is 7.56. The number of hydrogen-bond acceptors (Lipinski definition) is 4. The molecule has 1 aromatic rings. The number of hydrogen-bond donors (Lipinski definition) is 1. The van der Waals surface area contributed by atoms with Gasteiger partial charge in [0.2, 0.25) is 5.91 Å². The number of nitrogens with zero attached hydrogens (tertiary/aromatic N) is 1. The van der Waals surface area contributed by atoms with Gasteiger partial charge in [-0.1, -0.05) is 31.0 Å².